The first-order valence-corrected chi connectivity index (χ1v) is 18.0. The van der Waals surface area contributed by atoms with Gasteiger partial charge in [0.1, 0.15) is 0 Å². The van der Waals surface area contributed by atoms with Crippen molar-refractivity contribution in [3.05, 3.63) is 23.8 Å². The van der Waals surface area contributed by atoms with Gasteiger partial charge in [-0.2, -0.15) is 0 Å². The number of allylic oxidation sites excluding steroid dienone is 3. The van der Waals surface area contributed by atoms with Crippen LogP contribution < -0.4 is 0 Å². The van der Waals surface area contributed by atoms with Gasteiger partial charge in [0.25, 0.3) is 0 Å². The van der Waals surface area contributed by atoms with E-state index in [4.69, 9.17) is 9.84 Å². The summed E-state index contributed by atoms with van der Waals surface area (Å²) in [6, 6.07) is 0. The fourth-order valence-electron chi connectivity index (χ4n) is 4.04. The first-order valence-electron chi connectivity index (χ1n) is 10.3. The molecule has 1 aliphatic rings. The van der Waals surface area contributed by atoms with Crippen molar-refractivity contribution in [1.29, 1.82) is 0 Å². The summed E-state index contributed by atoms with van der Waals surface area (Å²) in [5, 5.41) is 8.93. The zero-order valence-corrected chi connectivity index (χ0v) is 19.2. The van der Waals surface area contributed by atoms with E-state index in [0.717, 1.165) is 17.0 Å². The van der Waals surface area contributed by atoms with E-state index in [9.17, 15) is 0 Å². The van der Waals surface area contributed by atoms with Gasteiger partial charge < -0.3 is 0 Å². The number of rotatable bonds is 15. The van der Waals surface area contributed by atoms with E-state index in [0.29, 0.717) is 6.61 Å². The molecule has 0 aliphatic heterocycles. The topological polar surface area (TPSA) is 29.5 Å². The van der Waals surface area contributed by atoms with Gasteiger partial charge in [-0.1, -0.05) is 0 Å². The van der Waals surface area contributed by atoms with Crippen LogP contribution in [0.5, 0.6) is 0 Å². The summed E-state index contributed by atoms with van der Waals surface area (Å²) in [5.41, 5.74) is 1.55. The zero-order valence-electron chi connectivity index (χ0n) is 16.4. The molecule has 2 nitrogen and oxygen atoms in total. The molecular weight excluding hydrogens is 403 g/mol. The molecule has 0 saturated heterocycles. The molecule has 0 bridgehead atoms. The van der Waals surface area contributed by atoms with Crippen LogP contribution in [-0.4, -0.2) is 43.3 Å². The molecule has 0 aromatic rings. The molecular formula is C21H40O2Sn. The summed E-state index contributed by atoms with van der Waals surface area (Å²) in [5.74, 6) is 0. The summed E-state index contributed by atoms with van der Waals surface area (Å²) in [7, 11) is 0. The Bertz CT molecular complexity index is 354. The second-order valence-electron chi connectivity index (χ2n) is 7.41. The summed E-state index contributed by atoms with van der Waals surface area (Å²) >= 11 is -2.24. The van der Waals surface area contributed by atoms with E-state index in [1.54, 1.807) is 18.9 Å². The van der Waals surface area contributed by atoms with Crippen LogP contribution in [0, 0.1) is 0 Å². The maximum absolute atomic E-state index is 8.93. The Kier molecular flexibility index (Phi) is 12.4. The fraction of sp³-hybridized carbons (Fsp3) is 0.810. The van der Waals surface area contributed by atoms with Crippen molar-refractivity contribution < 1.29 is 9.84 Å². The Morgan fingerprint density at radius 1 is 0.958 bits per heavy atom. The molecule has 1 aliphatic carbocycles. The van der Waals surface area contributed by atoms with Crippen LogP contribution >= 0.6 is 0 Å². The molecule has 0 spiro atoms. The number of ether oxygens (including phenoxy) is 1. The van der Waals surface area contributed by atoms with E-state index in [2.05, 4.69) is 39.0 Å². The quantitative estimate of drug-likeness (QED) is 0.245. The van der Waals surface area contributed by atoms with Gasteiger partial charge in [-0.25, -0.2) is 0 Å². The zero-order chi connectivity index (χ0) is 17.7. The minimum atomic E-state index is -2.24. The Labute approximate surface area is 154 Å². The van der Waals surface area contributed by atoms with Gasteiger partial charge >= 0.3 is 155 Å². The van der Waals surface area contributed by atoms with Gasteiger partial charge in [-0.3, -0.25) is 0 Å². The van der Waals surface area contributed by atoms with E-state index in [-0.39, 0.29) is 6.61 Å². The third-order valence-corrected chi connectivity index (χ3v) is 22.4. The van der Waals surface area contributed by atoms with Crippen LogP contribution in [-0.2, 0) is 4.74 Å². The first kappa shape index (κ1) is 22.2. The van der Waals surface area contributed by atoms with Crippen molar-refractivity contribution in [2.24, 2.45) is 0 Å². The van der Waals surface area contributed by atoms with Gasteiger partial charge in [0.2, 0.25) is 0 Å². The van der Waals surface area contributed by atoms with Crippen LogP contribution in [0.4, 0.5) is 0 Å². The summed E-state index contributed by atoms with van der Waals surface area (Å²) in [4.78, 5) is 0. The molecule has 24 heavy (non-hydrogen) atoms. The molecule has 1 atom stereocenters. The van der Waals surface area contributed by atoms with Crippen molar-refractivity contribution in [3.63, 3.8) is 0 Å². The fourth-order valence-corrected chi connectivity index (χ4v) is 22.1. The average molecular weight is 443 g/mol. The van der Waals surface area contributed by atoms with Crippen LogP contribution in [0.3, 0.4) is 0 Å². The van der Waals surface area contributed by atoms with Crippen molar-refractivity contribution >= 4 is 18.4 Å². The number of hydrogen-bond donors (Lipinski definition) is 1. The Balaban J connectivity index is 2.84. The Morgan fingerprint density at radius 2 is 1.54 bits per heavy atom. The minimum absolute atomic E-state index is 0.230. The van der Waals surface area contributed by atoms with Crippen LogP contribution in [0.2, 0.25) is 17.2 Å². The van der Waals surface area contributed by atoms with Crippen molar-refractivity contribution in [3.8, 4) is 0 Å². The van der Waals surface area contributed by atoms with Crippen LogP contribution in [0.1, 0.15) is 65.7 Å². The standard InChI is InChI=1S/C9H13O2.3C4H9.Sn/c10-6-3-7-11-8-9-4-1-2-5-9;3*1-3-4-2;/h1-2,4-5,10H,3,6-8H2;3*1,3-4H2,2H3;. The van der Waals surface area contributed by atoms with Gasteiger partial charge in [-0.15, -0.1) is 0 Å². The normalized spacial score (nSPS) is 17.5. The molecule has 0 heterocycles. The Morgan fingerprint density at radius 3 is 2.04 bits per heavy atom. The molecule has 0 aromatic heterocycles. The predicted molar refractivity (Wildman–Crippen MR) is 108 cm³/mol. The van der Waals surface area contributed by atoms with Crippen molar-refractivity contribution in [2.45, 2.75) is 83.0 Å². The summed E-state index contributed by atoms with van der Waals surface area (Å²) in [6.07, 6.45) is 16.2. The summed E-state index contributed by atoms with van der Waals surface area (Å²) < 4.78 is 11.3. The van der Waals surface area contributed by atoms with Gasteiger partial charge in [0.05, 0.1) is 0 Å². The van der Waals surface area contributed by atoms with Gasteiger partial charge in [0, 0.05) is 0 Å². The molecule has 0 radical (unpaired) electrons. The maximum atomic E-state index is 8.93. The monoisotopic (exact) mass is 444 g/mol. The second kappa shape index (κ2) is 13.4. The molecule has 0 saturated carbocycles. The molecule has 1 rings (SSSR count). The molecule has 0 amide bonds. The van der Waals surface area contributed by atoms with Crippen LogP contribution in [0.25, 0.3) is 0 Å². The summed E-state index contributed by atoms with van der Waals surface area (Å²) in [6.45, 7) is 8.72. The van der Waals surface area contributed by atoms with Gasteiger partial charge in [-0.05, 0) is 0 Å². The molecule has 0 fully saturated rings. The molecule has 0 aromatic carbocycles. The van der Waals surface area contributed by atoms with Crippen LogP contribution in [0.15, 0.2) is 23.8 Å². The number of hydrogen-bond acceptors (Lipinski definition) is 2. The first-order chi connectivity index (χ1) is 11.7. The second-order valence-corrected chi connectivity index (χ2v) is 21.2. The van der Waals surface area contributed by atoms with E-state index in [1.807, 2.05) is 0 Å². The Hall–Kier alpha value is 0.199. The third-order valence-electron chi connectivity index (χ3n) is 5.47. The van der Waals surface area contributed by atoms with E-state index >= 15 is 0 Å². The van der Waals surface area contributed by atoms with Crippen molar-refractivity contribution in [2.75, 3.05) is 19.8 Å². The van der Waals surface area contributed by atoms with E-state index < -0.39 is 18.4 Å². The molecule has 1 N–H and O–H groups in total. The van der Waals surface area contributed by atoms with Gasteiger partial charge in [0.15, 0.2) is 0 Å². The number of aliphatic hydroxyl groups excluding tert-OH is 1. The number of aliphatic hydroxyl groups is 1. The average Bonchev–Trinajstić information content (AvgIpc) is 3.07. The van der Waals surface area contributed by atoms with Crippen molar-refractivity contribution in [1.82, 2.24) is 0 Å². The predicted octanol–water partition coefficient (Wildman–Crippen LogP) is 6.10. The molecule has 3 heteroatoms. The molecule has 140 valence electrons. The van der Waals surface area contributed by atoms with E-state index in [1.165, 1.54) is 38.5 Å². The SMILES string of the molecule is CCC[CH2][Sn]([CH2]CCC)([CH2]CCC)[CH]1C=CC=C1COCCCO. The molecule has 1 unspecified atom stereocenters. The third kappa shape index (κ3) is 7.21. The number of unbranched alkanes of at least 4 members (excludes halogenated alkanes) is 3.